The van der Waals surface area contributed by atoms with Crippen molar-refractivity contribution in [3.8, 4) is 11.5 Å². The Balaban J connectivity index is 1.36. The number of amides is 2. The molecule has 0 unspecified atom stereocenters. The number of hydrogen-bond donors (Lipinski definition) is 1. The first kappa shape index (κ1) is 16.5. The van der Waals surface area contributed by atoms with Crippen molar-refractivity contribution in [3.63, 3.8) is 0 Å². The summed E-state index contributed by atoms with van der Waals surface area (Å²) in [6.45, 7) is 2.65. The molecule has 3 heterocycles. The van der Waals surface area contributed by atoms with Gasteiger partial charge in [-0.25, -0.2) is 0 Å². The summed E-state index contributed by atoms with van der Waals surface area (Å²) in [4.78, 5) is 31.7. The molecule has 2 amide bonds. The van der Waals surface area contributed by atoms with Gasteiger partial charge in [-0.15, -0.1) is 0 Å². The molecule has 0 radical (unpaired) electrons. The number of aromatic nitrogens is 1. The highest BCUT2D eigenvalue weighted by Crippen LogP contribution is 2.32. The third-order valence-corrected chi connectivity index (χ3v) is 4.76. The molecule has 1 aromatic heterocycles. The van der Waals surface area contributed by atoms with Crippen LogP contribution in [0.3, 0.4) is 0 Å². The Kier molecular flexibility index (Phi) is 4.51. The second-order valence-corrected chi connectivity index (χ2v) is 6.47. The molecular weight excluding hydrogens is 334 g/mol. The topological polar surface area (TPSA) is 74.9 Å². The first-order valence-electron chi connectivity index (χ1n) is 8.80. The van der Waals surface area contributed by atoms with E-state index in [0.29, 0.717) is 44.0 Å². The van der Waals surface area contributed by atoms with Gasteiger partial charge < -0.3 is 24.3 Å². The van der Waals surface area contributed by atoms with E-state index < -0.39 is 0 Å². The summed E-state index contributed by atoms with van der Waals surface area (Å²) in [6.07, 6.45) is 2.84. The van der Waals surface area contributed by atoms with E-state index in [4.69, 9.17) is 9.47 Å². The van der Waals surface area contributed by atoms with Gasteiger partial charge in [-0.2, -0.15) is 0 Å². The van der Waals surface area contributed by atoms with Gasteiger partial charge in [0.15, 0.2) is 11.5 Å². The largest absolute Gasteiger partial charge is 0.454 e. The number of benzene rings is 1. The van der Waals surface area contributed by atoms with Crippen molar-refractivity contribution in [2.75, 3.05) is 33.0 Å². The third-order valence-electron chi connectivity index (χ3n) is 4.76. The first-order valence-corrected chi connectivity index (χ1v) is 8.80. The maximum atomic E-state index is 12.7. The van der Waals surface area contributed by atoms with E-state index >= 15 is 0 Å². The Morgan fingerprint density at radius 2 is 1.81 bits per heavy atom. The van der Waals surface area contributed by atoms with E-state index in [-0.39, 0.29) is 18.6 Å². The highest BCUT2D eigenvalue weighted by atomic mass is 16.7. The van der Waals surface area contributed by atoms with Crippen LogP contribution in [0.2, 0.25) is 0 Å². The lowest BCUT2D eigenvalue weighted by molar-refractivity contribution is -0.130. The van der Waals surface area contributed by atoms with Crippen LogP contribution < -0.4 is 9.47 Å². The van der Waals surface area contributed by atoms with Crippen molar-refractivity contribution in [3.05, 3.63) is 47.8 Å². The van der Waals surface area contributed by atoms with Crippen LogP contribution in [0.15, 0.2) is 36.5 Å². The highest BCUT2D eigenvalue weighted by Gasteiger charge is 2.23. The molecule has 26 heavy (non-hydrogen) atoms. The van der Waals surface area contributed by atoms with Crippen LogP contribution in [0.25, 0.3) is 0 Å². The zero-order valence-electron chi connectivity index (χ0n) is 14.4. The Morgan fingerprint density at radius 3 is 2.65 bits per heavy atom. The van der Waals surface area contributed by atoms with Crippen LogP contribution in [0, 0.1) is 0 Å². The van der Waals surface area contributed by atoms with Crippen molar-refractivity contribution < 1.29 is 19.1 Å². The minimum absolute atomic E-state index is 0.0138. The second-order valence-electron chi connectivity index (χ2n) is 6.47. The van der Waals surface area contributed by atoms with Gasteiger partial charge in [0.2, 0.25) is 12.7 Å². The van der Waals surface area contributed by atoms with Gasteiger partial charge in [-0.1, -0.05) is 6.07 Å². The number of hydrogen-bond acceptors (Lipinski definition) is 4. The van der Waals surface area contributed by atoms with E-state index in [1.165, 1.54) is 0 Å². The molecular formula is C19H21N3O4. The number of rotatable bonds is 3. The number of nitrogens with zero attached hydrogens (tertiary/aromatic N) is 2. The maximum Gasteiger partial charge on any atom is 0.270 e. The average Bonchev–Trinajstić information content (AvgIpc) is 3.28. The van der Waals surface area contributed by atoms with E-state index in [9.17, 15) is 9.59 Å². The number of nitrogens with one attached hydrogen (secondary N) is 1. The summed E-state index contributed by atoms with van der Waals surface area (Å²) in [6, 6.07) is 9.18. The fourth-order valence-electron chi connectivity index (χ4n) is 3.34. The summed E-state index contributed by atoms with van der Waals surface area (Å²) >= 11 is 0. The van der Waals surface area contributed by atoms with Crippen molar-refractivity contribution in [2.45, 2.75) is 12.8 Å². The highest BCUT2D eigenvalue weighted by molar-refractivity contribution is 5.92. The lowest BCUT2D eigenvalue weighted by Gasteiger charge is -2.22. The molecule has 2 aliphatic heterocycles. The van der Waals surface area contributed by atoms with Gasteiger partial charge >= 0.3 is 0 Å². The van der Waals surface area contributed by atoms with Gasteiger partial charge in [-0.05, 0) is 36.2 Å². The van der Waals surface area contributed by atoms with Gasteiger partial charge in [-0.3, -0.25) is 9.59 Å². The van der Waals surface area contributed by atoms with Crippen molar-refractivity contribution in [2.24, 2.45) is 0 Å². The first-order chi connectivity index (χ1) is 12.7. The molecule has 1 N–H and O–H groups in total. The van der Waals surface area contributed by atoms with Gasteiger partial charge in [0, 0.05) is 32.4 Å². The van der Waals surface area contributed by atoms with E-state index in [0.717, 1.165) is 17.7 Å². The molecule has 2 aliphatic rings. The van der Waals surface area contributed by atoms with Crippen LogP contribution in [0.5, 0.6) is 11.5 Å². The van der Waals surface area contributed by atoms with Gasteiger partial charge in [0.05, 0.1) is 6.42 Å². The lowest BCUT2D eigenvalue weighted by atomic mass is 10.1. The van der Waals surface area contributed by atoms with Crippen LogP contribution in [-0.2, 0) is 11.2 Å². The molecule has 0 spiro atoms. The summed E-state index contributed by atoms with van der Waals surface area (Å²) in [5.74, 6) is 1.46. The van der Waals surface area contributed by atoms with E-state index in [1.807, 2.05) is 29.2 Å². The number of carbonyl (C=O) groups excluding carboxylic acids is 2. The third kappa shape index (κ3) is 3.37. The molecule has 7 nitrogen and oxygen atoms in total. The summed E-state index contributed by atoms with van der Waals surface area (Å²) in [5, 5.41) is 0. The maximum absolute atomic E-state index is 12.7. The molecule has 1 aromatic carbocycles. The normalized spacial score (nSPS) is 16.5. The average molecular weight is 355 g/mol. The van der Waals surface area contributed by atoms with Gasteiger partial charge in [0.1, 0.15) is 5.69 Å². The zero-order chi connectivity index (χ0) is 17.9. The lowest BCUT2D eigenvalue weighted by Crippen LogP contribution is -2.38. The molecule has 0 saturated carbocycles. The number of fused-ring (bicyclic) bond motifs is 1. The Bertz CT molecular complexity index is 803. The summed E-state index contributed by atoms with van der Waals surface area (Å²) in [7, 11) is 0. The zero-order valence-corrected chi connectivity index (χ0v) is 14.4. The number of aromatic amines is 1. The molecule has 4 rings (SSSR count). The van der Waals surface area contributed by atoms with E-state index in [1.54, 1.807) is 17.2 Å². The molecule has 7 heteroatoms. The van der Waals surface area contributed by atoms with Crippen LogP contribution >= 0.6 is 0 Å². The minimum atomic E-state index is -0.0138. The molecule has 0 atom stereocenters. The fourth-order valence-corrected chi connectivity index (χ4v) is 3.34. The number of carbonyl (C=O) groups is 2. The van der Waals surface area contributed by atoms with Crippen molar-refractivity contribution in [1.29, 1.82) is 0 Å². The number of H-pyrrole nitrogens is 1. The summed E-state index contributed by atoms with van der Waals surface area (Å²) in [5.41, 5.74) is 1.49. The summed E-state index contributed by atoms with van der Waals surface area (Å²) < 4.78 is 10.7. The fraction of sp³-hybridized carbons (Fsp3) is 0.368. The Morgan fingerprint density at radius 1 is 1.00 bits per heavy atom. The standard InChI is InChI=1S/C19H21N3O4/c23-18(12-14-4-5-16-17(11-14)26-13-25-16)21-7-2-8-22(10-9-21)19(24)15-3-1-6-20-15/h1,3-6,11,20H,2,7-10,12-13H2. The molecule has 1 saturated heterocycles. The predicted molar refractivity (Wildman–Crippen MR) is 94.2 cm³/mol. The Hall–Kier alpha value is -2.96. The predicted octanol–water partition coefficient (Wildman–Crippen LogP) is 1.66. The molecule has 136 valence electrons. The molecule has 2 aromatic rings. The number of ether oxygens (including phenoxy) is 2. The molecule has 1 fully saturated rings. The molecule has 0 aliphatic carbocycles. The monoisotopic (exact) mass is 355 g/mol. The van der Waals surface area contributed by atoms with Crippen LogP contribution in [0.4, 0.5) is 0 Å². The minimum Gasteiger partial charge on any atom is -0.454 e. The van der Waals surface area contributed by atoms with Gasteiger partial charge in [0.25, 0.3) is 5.91 Å². The SMILES string of the molecule is O=C(Cc1ccc2c(c1)OCO2)N1CCCN(C(=O)c2ccc[nH]2)CC1. The quantitative estimate of drug-likeness (QED) is 0.909. The van der Waals surface area contributed by atoms with E-state index in [2.05, 4.69) is 4.98 Å². The smallest absolute Gasteiger partial charge is 0.270 e. The van der Waals surface area contributed by atoms with Crippen molar-refractivity contribution >= 4 is 11.8 Å². The van der Waals surface area contributed by atoms with Crippen LogP contribution in [-0.4, -0.2) is 59.6 Å². The van der Waals surface area contributed by atoms with Crippen LogP contribution in [0.1, 0.15) is 22.5 Å². The van der Waals surface area contributed by atoms with Crippen molar-refractivity contribution in [1.82, 2.24) is 14.8 Å². The second kappa shape index (κ2) is 7.11. The Labute approximate surface area is 151 Å². The molecule has 0 bridgehead atoms.